The van der Waals surface area contributed by atoms with Crippen LogP contribution in [0.1, 0.15) is 26.8 Å². The van der Waals surface area contributed by atoms with Crippen LogP contribution in [0.4, 0.5) is 4.39 Å². The molecule has 0 bridgehead atoms. The molecule has 1 aromatic heterocycles. The Hall–Kier alpha value is -2.93. The Morgan fingerprint density at radius 1 is 1.14 bits per heavy atom. The van der Waals surface area contributed by atoms with E-state index in [1.54, 1.807) is 31.2 Å². The fourth-order valence-electron chi connectivity index (χ4n) is 3.08. The number of aromatic nitrogens is 2. The summed E-state index contributed by atoms with van der Waals surface area (Å²) in [6.45, 7) is 5.98. The van der Waals surface area contributed by atoms with Crippen LogP contribution >= 0.6 is 11.6 Å². The first kappa shape index (κ1) is 20.8. The fourth-order valence-corrected chi connectivity index (χ4v) is 3.25. The lowest BCUT2D eigenvalue weighted by molar-refractivity contribution is -0.124. The van der Waals surface area contributed by atoms with Crippen LogP contribution in [0, 0.1) is 11.7 Å². The number of rotatable bonds is 5. The van der Waals surface area contributed by atoms with Gasteiger partial charge in [-0.1, -0.05) is 37.6 Å². The Morgan fingerprint density at radius 3 is 2.48 bits per heavy atom. The van der Waals surface area contributed by atoms with Crippen molar-refractivity contribution in [2.45, 2.75) is 26.8 Å². The summed E-state index contributed by atoms with van der Waals surface area (Å²) in [4.78, 5) is 39.0. The zero-order chi connectivity index (χ0) is 21.3. The van der Waals surface area contributed by atoms with E-state index in [9.17, 15) is 18.8 Å². The van der Waals surface area contributed by atoms with Gasteiger partial charge < -0.3 is 5.32 Å². The van der Waals surface area contributed by atoms with Crippen molar-refractivity contribution in [3.8, 4) is 5.69 Å². The van der Waals surface area contributed by atoms with Crippen LogP contribution in [0.5, 0.6) is 0 Å². The number of fused-ring (bicyclic) bond motifs is 1. The predicted octanol–water partition coefficient (Wildman–Crippen LogP) is 3.28. The maximum Gasteiger partial charge on any atom is 0.336 e. The maximum absolute atomic E-state index is 13.6. The zero-order valence-electron chi connectivity index (χ0n) is 16.3. The van der Waals surface area contributed by atoms with Gasteiger partial charge in [0, 0.05) is 6.54 Å². The molecule has 0 aliphatic heterocycles. The van der Waals surface area contributed by atoms with Crippen molar-refractivity contribution in [1.29, 1.82) is 0 Å². The summed E-state index contributed by atoms with van der Waals surface area (Å²) in [7, 11) is 0. The number of carbonyl (C=O) groups excluding carboxylic acids is 1. The van der Waals surface area contributed by atoms with E-state index in [4.69, 9.17) is 11.6 Å². The summed E-state index contributed by atoms with van der Waals surface area (Å²) in [6, 6.07) is 9.28. The lowest BCUT2D eigenvalue weighted by Crippen LogP contribution is -2.44. The van der Waals surface area contributed by atoms with E-state index >= 15 is 0 Å². The molecule has 2 aromatic carbocycles. The number of halogens is 2. The van der Waals surface area contributed by atoms with E-state index in [1.807, 2.05) is 13.8 Å². The van der Waals surface area contributed by atoms with Gasteiger partial charge in [0.2, 0.25) is 5.91 Å². The molecular formula is C21H21ClFN3O3. The van der Waals surface area contributed by atoms with E-state index in [1.165, 1.54) is 16.7 Å². The number of carbonyl (C=O) groups is 1. The molecule has 0 saturated heterocycles. The van der Waals surface area contributed by atoms with Crippen LogP contribution in [0.25, 0.3) is 16.6 Å². The van der Waals surface area contributed by atoms with Gasteiger partial charge in [-0.2, -0.15) is 0 Å². The molecule has 0 spiro atoms. The fraction of sp³-hybridized carbons (Fsp3) is 0.286. The number of benzene rings is 2. The Labute approximate surface area is 171 Å². The maximum atomic E-state index is 13.6. The van der Waals surface area contributed by atoms with E-state index in [0.717, 1.165) is 10.6 Å². The van der Waals surface area contributed by atoms with Gasteiger partial charge in [-0.3, -0.25) is 14.2 Å². The minimum absolute atomic E-state index is 0.126. The van der Waals surface area contributed by atoms with Gasteiger partial charge in [0.05, 0.1) is 21.6 Å². The molecule has 1 amide bonds. The highest BCUT2D eigenvalue weighted by molar-refractivity contribution is 6.30. The summed E-state index contributed by atoms with van der Waals surface area (Å²) in [5.74, 6) is -0.755. The van der Waals surface area contributed by atoms with Gasteiger partial charge >= 0.3 is 5.69 Å². The molecule has 29 heavy (non-hydrogen) atoms. The minimum Gasteiger partial charge on any atom is -0.354 e. The molecule has 0 fully saturated rings. The van der Waals surface area contributed by atoms with Crippen molar-refractivity contribution in [2.75, 3.05) is 6.54 Å². The topological polar surface area (TPSA) is 73.1 Å². The highest BCUT2D eigenvalue weighted by Gasteiger charge is 2.23. The Bertz CT molecular complexity index is 1200. The van der Waals surface area contributed by atoms with Crippen molar-refractivity contribution in [2.24, 2.45) is 5.92 Å². The molecule has 0 unspecified atom stereocenters. The molecule has 1 heterocycles. The van der Waals surface area contributed by atoms with Crippen molar-refractivity contribution in [3.63, 3.8) is 0 Å². The van der Waals surface area contributed by atoms with Crippen molar-refractivity contribution in [1.82, 2.24) is 14.5 Å². The highest BCUT2D eigenvalue weighted by atomic mass is 35.5. The van der Waals surface area contributed by atoms with Crippen LogP contribution in [-0.4, -0.2) is 21.6 Å². The van der Waals surface area contributed by atoms with Gasteiger partial charge in [-0.15, -0.1) is 0 Å². The summed E-state index contributed by atoms with van der Waals surface area (Å²) in [5.41, 5.74) is -0.803. The molecule has 0 aliphatic rings. The third kappa shape index (κ3) is 3.96. The Morgan fingerprint density at radius 2 is 1.83 bits per heavy atom. The number of hydrogen-bond donors (Lipinski definition) is 1. The molecular weight excluding hydrogens is 397 g/mol. The van der Waals surface area contributed by atoms with Gasteiger partial charge in [0.15, 0.2) is 0 Å². The average Bonchev–Trinajstić information content (AvgIpc) is 2.68. The highest BCUT2D eigenvalue weighted by Crippen LogP contribution is 2.19. The molecule has 0 radical (unpaired) electrons. The van der Waals surface area contributed by atoms with E-state index in [0.29, 0.717) is 12.1 Å². The van der Waals surface area contributed by atoms with Crippen molar-refractivity contribution < 1.29 is 9.18 Å². The Balaban J connectivity index is 2.27. The number of nitrogens with one attached hydrogen (secondary N) is 1. The van der Waals surface area contributed by atoms with E-state index in [2.05, 4.69) is 5.32 Å². The van der Waals surface area contributed by atoms with Crippen LogP contribution in [0.3, 0.4) is 0 Å². The SMILES string of the molecule is CC(C)CNC(=O)[C@@H](C)n1c(=O)n(-c2ccc(F)c(Cl)c2)c(=O)c2ccccc21. The van der Waals surface area contributed by atoms with Crippen LogP contribution < -0.4 is 16.6 Å². The Kier molecular flexibility index (Phi) is 5.88. The second kappa shape index (κ2) is 8.21. The van der Waals surface area contributed by atoms with Crippen LogP contribution in [0.15, 0.2) is 52.1 Å². The smallest absolute Gasteiger partial charge is 0.336 e. The van der Waals surface area contributed by atoms with Gasteiger partial charge in [-0.05, 0) is 43.2 Å². The molecule has 1 N–H and O–H groups in total. The summed E-state index contributed by atoms with van der Waals surface area (Å²) in [6.07, 6.45) is 0. The number of hydrogen-bond acceptors (Lipinski definition) is 3. The molecule has 1 atom stereocenters. The molecule has 0 saturated carbocycles. The van der Waals surface area contributed by atoms with Crippen molar-refractivity contribution >= 4 is 28.4 Å². The van der Waals surface area contributed by atoms with E-state index in [-0.39, 0.29) is 27.9 Å². The van der Waals surface area contributed by atoms with Crippen LogP contribution in [-0.2, 0) is 4.79 Å². The first-order chi connectivity index (χ1) is 13.7. The lowest BCUT2D eigenvalue weighted by atomic mass is 10.2. The second-order valence-electron chi connectivity index (χ2n) is 7.22. The standard InChI is InChI=1S/C21H21ClFN3O3/c1-12(2)11-24-19(27)13(3)25-18-7-5-4-6-15(18)20(28)26(21(25)29)14-8-9-17(23)16(22)10-14/h4-10,12-13H,11H2,1-3H3,(H,24,27)/t13-/m1/s1. The zero-order valence-corrected chi connectivity index (χ0v) is 17.0. The molecule has 8 heteroatoms. The summed E-state index contributed by atoms with van der Waals surface area (Å²) >= 11 is 5.85. The van der Waals surface area contributed by atoms with Gasteiger partial charge in [-0.25, -0.2) is 13.8 Å². The summed E-state index contributed by atoms with van der Waals surface area (Å²) in [5, 5.41) is 2.85. The van der Waals surface area contributed by atoms with Crippen molar-refractivity contribution in [3.05, 3.63) is 74.1 Å². The first-order valence-electron chi connectivity index (χ1n) is 9.21. The largest absolute Gasteiger partial charge is 0.354 e. The second-order valence-corrected chi connectivity index (χ2v) is 7.63. The quantitative estimate of drug-likeness (QED) is 0.692. The molecule has 3 aromatic rings. The predicted molar refractivity (Wildman–Crippen MR) is 111 cm³/mol. The molecule has 152 valence electrons. The van der Waals surface area contributed by atoms with Gasteiger partial charge in [0.25, 0.3) is 5.56 Å². The number of amides is 1. The normalized spacial score (nSPS) is 12.3. The van der Waals surface area contributed by atoms with Gasteiger partial charge in [0.1, 0.15) is 11.9 Å². The third-order valence-electron chi connectivity index (χ3n) is 4.61. The van der Waals surface area contributed by atoms with Crippen LogP contribution in [0.2, 0.25) is 5.02 Å². The third-order valence-corrected chi connectivity index (χ3v) is 4.90. The molecule has 6 nitrogen and oxygen atoms in total. The first-order valence-corrected chi connectivity index (χ1v) is 9.59. The van der Waals surface area contributed by atoms with E-state index < -0.39 is 23.1 Å². The summed E-state index contributed by atoms with van der Waals surface area (Å²) < 4.78 is 15.7. The molecule has 0 aliphatic carbocycles. The monoisotopic (exact) mass is 417 g/mol. The average molecular weight is 418 g/mol. The molecule has 3 rings (SSSR count). The lowest BCUT2D eigenvalue weighted by Gasteiger charge is -2.20. The number of para-hydroxylation sites is 1. The number of nitrogens with zero attached hydrogens (tertiary/aromatic N) is 2. The minimum atomic E-state index is -0.867.